The van der Waals surface area contributed by atoms with Crippen molar-refractivity contribution < 1.29 is 27.8 Å². The largest absolute Gasteiger partial charge is 0.480 e. The SMILES string of the molecule is NC1(C(=O)O)CCN(CCOCC(F)(F)F)C1. The second-order valence-electron chi connectivity index (χ2n) is 4.16. The van der Waals surface area contributed by atoms with Crippen LogP contribution in [0.5, 0.6) is 0 Å². The van der Waals surface area contributed by atoms with E-state index in [1.54, 1.807) is 4.90 Å². The van der Waals surface area contributed by atoms with E-state index in [1.807, 2.05) is 0 Å². The third-order valence-electron chi connectivity index (χ3n) is 2.62. The van der Waals surface area contributed by atoms with Crippen molar-refractivity contribution in [3.05, 3.63) is 0 Å². The van der Waals surface area contributed by atoms with Crippen molar-refractivity contribution in [1.29, 1.82) is 0 Å². The molecule has 1 rings (SSSR count). The maximum atomic E-state index is 11.7. The van der Waals surface area contributed by atoms with Gasteiger partial charge in [0.1, 0.15) is 12.1 Å². The van der Waals surface area contributed by atoms with Gasteiger partial charge in [0.2, 0.25) is 0 Å². The van der Waals surface area contributed by atoms with Gasteiger partial charge in [-0.15, -0.1) is 0 Å². The summed E-state index contributed by atoms with van der Waals surface area (Å²) in [5, 5.41) is 8.84. The zero-order chi connectivity index (χ0) is 13.1. The molecule has 0 aromatic carbocycles. The van der Waals surface area contributed by atoms with E-state index in [-0.39, 0.29) is 19.7 Å². The van der Waals surface area contributed by atoms with Gasteiger partial charge in [0.25, 0.3) is 0 Å². The Morgan fingerprint density at radius 2 is 2.18 bits per heavy atom. The van der Waals surface area contributed by atoms with Crippen LogP contribution in [0.4, 0.5) is 13.2 Å². The summed E-state index contributed by atoms with van der Waals surface area (Å²) >= 11 is 0. The number of carboxylic acids is 1. The molecule has 0 aliphatic carbocycles. The predicted molar refractivity (Wildman–Crippen MR) is 52.5 cm³/mol. The molecule has 0 radical (unpaired) electrons. The maximum absolute atomic E-state index is 11.7. The Labute approximate surface area is 96.3 Å². The summed E-state index contributed by atoms with van der Waals surface area (Å²) in [5.41, 5.74) is 4.32. The molecule has 1 heterocycles. The van der Waals surface area contributed by atoms with Crippen LogP contribution in [0.3, 0.4) is 0 Å². The first-order valence-corrected chi connectivity index (χ1v) is 5.12. The maximum Gasteiger partial charge on any atom is 0.411 e. The standard InChI is InChI=1S/C9H15F3N2O3/c10-9(11,12)6-17-4-3-14-2-1-8(13,5-14)7(15)16/h1-6,13H2,(H,15,16). The normalized spacial score (nSPS) is 26.4. The van der Waals surface area contributed by atoms with Crippen molar-refractivity contribution >= 4 is 5.97 Å². The molecule has 0 bridgehead atoms. The minimum Gasteiger partial charge on any atom is -0.480 e. The van der Waals surface area contributed by atoms with Crippen LogP contribution in [0.15, 0.2) is 0 Å². The lowest BCUT2D eigenvalue weighted by molar-refractivity contribution is -0.174. The molecule has 1 aliphatic heterocycles. The number of aliphatic carboxylic acids is 1. The molecular formula is C9H15F3N2O3. The Balaban J connectivity index is 2.21. The summed E-state index contributed by atoms with van der Waals surface area (Å²) < 4.78 is 39.7. The van der Waals surface area contributed by atoms with Crippen molar-refractivity contribution in [1.82, 2.24) is 4.90 Å². The third kappa shape index (κ3) is 4.49. The fraction of sp³-hybridized carbons (Fsp3) is 0.889. The highest BCUT2D eigenvalue weighted by Gasteiger charge is 2.40. The lowest BCUT2D eigenvalue weighted by Crippen LogP contribution is -2.50. The van der Waals surface area contributed by atoms with Crippen molar-refractivity contribution in [3.63, 3.8) is 0 Å². The number of hydrogen-bond donors (Lipinski definition) is 2. The zero-order valence-corrected chi connectivity index (χ0v) is 9.16. The Bertz CT molecular complexity index is 285. The number of ether oxygens (including phenoxy) is 1. The number of nitrogens with zero attached hydrogens (tertiary/aromatic N) is 1. The number of nitrogens with two attached hydrogens (primary N) is 1. The van der Waals surface area contributed by atoms with E-state index in [0.29, 0.717) is 13.0 Å². The second kappa shape index (κ2) is 5.19. The fourth-order valence-electron chi connectivity index (χ4n) is 1.66. The number of carboxylic acid groups (broad SMARTS) is 1. The van der Waals surface area contributed by atoms with Crippen molar-refractivity contribution in [2.75, 3.05) is 32.8 Å². The molecule has 0 spiro atoms. The van der Waals surface area contributed by atoms with Crippen LogP contribution in [0, 0.1) is 0 Å². The first-order valence-electron chi connectivity index (χ1n) is 5.12. The van der Waals surface area contributed by atoms with Gasteiger partial charge in [-0.2, -0.15) is 13.2 Å². The van der Waals surface area contributed by atoms with Crippen LogP contribution in [0.1, 0.15) is 6.42 Å². The third-order valence-corrected chi connectivity index (χ3v) is 2.62. The lowest BCUT2D eigenvalue weighted by Gasteiger charge is -2.20. The topological polar surface area (TPSA) is 75.8 Å². The van der Waals surface area contributed by atoms with Crippen LogP contribution < -0.4 is 5.73 Å². The zero-order valence-electron chi connectivity index (χ0n) is 9.16. The van der Waals surface area contributed by atoms with Gasteiger partial charge in [0.05, 0.1) is 6.61 Å². The van der Waals surface area contributed by atoms with E-state index in [1.165, 1.54) is 0 Å². The average Bonchev–Trinajstić information content (AvgIpc) is 2.55. The quantitative estimate of drug-likeness (QED) is 0.680. The Morgan fingerprint density at radius 3 is 2.65 bits per heavy atom. The molecule has 0 amide bonds. The van der Waals surface area contributed by atoms with E-state index in [2.05, 4.69) is 4.74 Å². The smallest absolute Gasteiger partial charge is 0.411 e. The predicted octanol–water partition coefficient (Wildman–Crippen LogP) is 0.0531. The molecule has 1 saturated heterocycles. The van der Waals surface area contributed by atoms with E-state index in [9.17, 15) is 18.0 Å². The van der Waals surface area contributed by atoms with Gasteiger partial charge in [-0.1, -0.05) is 0 Å². The molecule has 17 heavy (non-hydrogen) atoms. The van der Waals surface area contributed by atoms with Crippen LogP contribution >= 0.6 is 0 Å². The highest BCUT2D eigenvalue weighted by atomic mass is 19.4. The Kier molecular flexibility index (Phi) is 4.34. The molecule has 0 aromatic rings. The van der Waals surface area contributed by atoms with Crippen molar-refractivity contribution in [2.45, 2.75) is 18.1 Å². The van der Waals surface area contributed by atoms with Gasteiger partial charge in [0.15, 0.2) is 0 Å². The van der Waals surface area contributed by atoms with Crippen LogP contribution in [0.2, 0.25) is 0 Å². The van der Waals surface area contributed by atoms with Gasteiger partial charge in [0, 0.05) is 19.6 Å². The molecule has 0 aromatic heterocycles. The van der Waals surface area contributed by atoms with E-state index >= 15 is 0 Å². The van der Waals surface area contributed by atoms with Crippen molar-refractivity contribution in [2.24, 2.45) is 5.73 Å². The van der Waals surface area contributed by atoms with E-state index in [4.69, 9.17) is 10.8 Å². The highest BCUT2D eigenvalue weighted by molar-refractivity contribution is 5.79. The fourth-order valence-corrected chi connectivity index (χ4v) is 1.66. The number of alkyl halides is 3. The molecule has 1 atom stereocenters. The summed E-state index contributed by atoms with van der Waals surface area (Å²) in [7, 11) is 0. The minimum absolute atomic E-state index is 0.0881. The number of hydrogen-bond acceptors (Lipinski definition) is 4. The summed E-state index contributed by atoms with van der Waals surface area (Å²) in [6.45, 7) is -0.527. The molecule has 0 saturated carbocycles. The molecule has 5 nitrogen and oxygen atoms in total. The molecule has 1 fully saturated rings. The summed E-state index contributed by atoms with van der Waals surface area (Å²) in [6.07, 6.45) is -4.04. The van der Waals surface area contributed by atoms with E-state index in [0.717, 1.165) is 0 Å². The lowest BCUT2D eigenvalue weighted by atomic mass is 10.0. The van der Waals surface area contributed by atoms with Gasteiger partial charge >= 0.3 is 12.1 Å². The molecule has 3 N–H and O–H groups in total. The van der Waals surface area contributed by atoms with Gasteiger partial charge in [-0.25, -0.2) is 0 Å². The van der Waals surface area contributed by atoms with Crippen LogP contribution in [-0.4, -0.2) is 60.5 Å². The van der Waals surface area contributed by atoms with Gasteiger partial charge in [-0.05, 0) is 6.42 Å². The van der Waals surface area contributed by atoms with Crippen LogP contribution in [-0.2, 0) is 9.53 Å². The molecule has 8 heteroatoms. The molecule has 1 unspecified atom stereocenters. The molecular weight excluding hydrogens is 241 g/mol. The minimum atomic E-state index is -4.33. The number of likely N-dealkylation sites (tertiary alicyclic amines) is 1. The van der Waals surface area contributed by atoms with Gasteiger partial charge < -0.3 is 15.6 Å². The van der Waals surface area contributed by atoms with Crippen molar-refractivity contribution in [3.8, 4) is 0 Å². The number of halogens is 3. The summed E-state index contributed by atoms with van der Waals surface area (Å²) in [6, 6.07) is 0. The molecule has 100 valence electrons. The summed E-state index contributed by atoms with van der Waals surface area (Å²) in [4.78, 5) is 12.5. The number of rotatable bonds is 5. The average molecular weight is 256 g/mol. The second-order valence-corrected chi connectivity index (χ2v) is 4.16. The van der Waals surface area contributed by atoms with Crippen LogP contribution in [0.25, 0.3) is 0 Å². The van der Waals surface area contributed by atoms with Gasteiger partial charge in [-0.3, -0.25) is 9.69 Å². The monoisotopic (exact) mass is 256 g/mol. The highest BCUT2D eigenvalue weighted by Crippen LogP contribution is 2.19. The first-order chi connectivity index (χ1) is 7.73. The Hall–Kier alpha value is -0.860. The Morgan fingerprint density at radius 1 is 1.53 bits per heavy atom. The number of carbonyl (C=O) groups is 1. The van der Waals surface area contributed by atoms with E-state index < -0.39 is 24.3 Å². The summed E-state index contributed by atoms with van der Waals surface area (Å²) in [5.74, 6) is -1.09. The molecule has 1 aliphatic rings. The first kappa shape index (κ1) is 14.2.